The Bertz CT molecular complexity index is 271. The Hall–Kier alpha value is -1.52. The number of nitrogens with two attached hydrogens (primary N) is 1. The summed E-state index contributed by atoms with van der Waals surface area (Å²) < 4.78 is 0. The summed E-state index contributed by atoms with van der Waals surface area (Å²) in [6, 6.07) is 0. The van der Waals surface area contributed by atoms with Crippen molar-refractivity contribution in [3.05, 3.63) is 12.2 Å². The predicted octanol–water partition coefficient (Wildman–Crippen LogP) is 0.239. The van der Waals surface area contributed by atoms with Crippen molar-refractivity contribution in [3.63, 3.8) is 0 Å². The first-order valence-electron chi connectivity index (χ1n) is 5.39. The maximum absolute atomic E-state index is 11.2. The fourth-order valence-electron chi connectivity index (χ4n) is 0.856. The number of rotatable bonds is 6. The van der Waals surface area contributed by atoms with E-state index in [1.165, 1.54) is 0 Å². The summed E-state index contributed by atoms with van der Waals surface area (Å²) in [5.41, 5.74) is 6.54. The molecule has 0 bridgehead atoms. The van der Waals surface area contributed by atoms with Crippen LogP contribution in [0.15, 0.2) is 17.1 Å². The van der Waals surface area contributed by atoms with Crippen LogP contribution in [0.3, 0.4) is 0 Å². The van der Waals surface area contributed by atoms with Crippen LogP contribution in [0, 0.1) is 5.92 Å². The minimum atomic E-state index is 0.00873. The second-order valence-corrected chi connectivity index (χ2v) is 4.03. The van der Waals surface area contributed by atoms with Crippen molar-refractivity contribution in [2.45, 2.75) is 20.8 Å². The zero-order valence-electron chi connectivity index (χ0n) is 10.3. The monoisotopic (exact) mass is 226 g/mol. The van der Waals surface area contributed by atoms with Gasteiger partial charge in [0, 0.05) is 19.0 Å². The van der Waals surface area contributed by atoms with Gasteiger partial charge in [-0.3, -0.25) is 4.79 Å². The molecule has 0 radical (unpaired) electrons. The van der Waals surface area contributed by atoms with E-state index in [0.29, 0.717) is 25.6 Å². The number of carbonyl (C=O) groups excluding carboxylic acids is 1. The molecule has 0 saturated carbocycles. The van der Waals surface area contributed by atoms with Crippen LogP contribution in [-0.4, -0.2) is 31.5 Å². The summed E-state index contributed by atoms with van der Waals surface area (Å²) in [4.78, 5) is 15.2. The highest BCUT2D eigenvalue weighted by Gasteiger charge is 2.04. The largest absolute Gasteiger partial charge is 0.370 e. The van der Waals surface area contributed by atoms with E-state index in [9.17, 15) is 4.79 Å². The third kappa shape index (κ3) is 7.84. The normalized spacial score (nSPS) is 11.4. The van der Waals surface area contributed by atoms with Gasteiger partial charge in [0.1, 0.15) is 0 Å². The van der Waals surface area contributed by atoms with Crippen LogP contribution in [-0.2, 0) is 4.79 Å². The smallest absolute Gasteiger partial charge is 0.222 e. The molecule has 0 aromatic carbocycles. The molecule has 4 N–H and O–H groups in total. The summed E-state index contributed by atoms with van der Waals surface area (Å²) in [5.74, 6) is 0.426. The number of hydrogen-bond acceptors (Lipinski definition) is 2. The lowest BCUT2D eigenvalue weighted by molar-refractivity contribution is -0.123. The van der Waals surface area contributed by atoms with Gasteiger partial charge in [-0.1, -0.05) is 26.0 Å². The Labute approximate surface area is 97.2 Å². The van der Waals surface area contributed by atoms with E-state index in [1.54, 1.807) is 0 Å². The van der Waals surface area contributed by atoms with Gasteiger partial charge in [-0.2, -0.15) is 0 Å². The average Bonchev–Trinajstić information content (AvgIpc) is 2.20. The molecule has 5 nitrogen and oxygen atoms in total. The van der Waals surface area contributed by atoms with Crippen LogP contribution in [0.25, 0.3) is 0 Å². The summed E-state index contributed by atoms with van der Waals surface area (Å²) in [6.07, 6.45) is 0. The number of hydrogen-bond donors (Lipinski definition) is 3. The van der Waals surface area contributed by atoms with E-state index in [2.05, 4.69) is 22.2 Å². The minimum absolute atomic E-state index is 0.00873. The molecular formula is C11H22N4O. The molecule has 0 rings (SSSR count). The topological polar surface area (TPSA) is 79.5 Å². The van der Waals surface area contributed by atoms with E-state index in [1.807, 2.05) is 20.8 Å². The molecule has 0 fully saturated rings. The Morgan fingerprint density at radius 1 is 1.38 bits per heavy atom. The van der Waals surface area contributed by atoms with Crippen LogP contribution >= 0.6 is 0 Å². The summed E-state index contributed by atoms with van der Waals surface area (Å²) in [5, 5.41) is 5.68. The molecule has 0 saturated heterocycles. The SMILES string of the molecule is C=C(C)CN=C(N)NCCNC(=O)C(C)C. The van der Waals surface area contributed by atoms with E-state index < -0.39 is 0 Å². The number of nitrogens with zero attached hydrogens (tertiary/aromatic N) is 1. The van der Waals surface area contributed by atoms with Gasteiger partial charge in [0.15, 0.2) is 5.96 Å². The van der Waals surface area contributed by atoms with Crippen molar-refractivity contribution < 1.29 is 4.79 Å². The van der Waals surface area contributed by atoms with Crippen LogP contribution < -0.4 is 16.4 Å². The van der Waals surface area contributed by atoms with Gasteiger partial charge >= 0.3 is 0 Å². The molecular weight excluding hydrogens is 204 g/mol. The molecule has 0 atom stereocenters. The Kier molecular flexibility index (Phi) is 7.00. The molecule has 0 spiro atoms. The zero-order chi connectivity index (χ0) is 12.6. The Morgan fingerprint density at radius 3 is 2.44 bits per heavy atom. The summed E-state index contributed by atoms with van der Waals surface area (Å²) >= 11 is 0. The average molecular weight is 226 g/mol. The van der Waals surface area contributed by atoms with Crippen molar-refractivity contribution in [1.82, 2.24) is 10.6 Å². The molecule has 5 heteroatoms. The molecule has 16 heavy (non-hydrogen) atoms. The number of aliphatic imine (C=N–C) groups is 1. The van der Waals surface area contributed by atoms with E-state index in [4.69, 9.17) is 5.73 Å². The molecule has 0 unspecified atom stereocenters. The summed E-state index contributed by atoms with van der Waals surface area (Å²) in [7, 11) is 0. The van der Waals surface area contributed by atoms with Crippen molar-refractivity contribution in [2.24, 2.45) is 16.6 Å². The molecule has 0 aliphatic heterocycles. The Balaban J connectivity index is 3.62. The second kappa shape index (κ2) is 7.73. The van der Waals surface area contributed by atoms with Crippen molar-refractivity contribution in [3.8, 4) is 0 Å². The van der Waals surface area contributed by atoms with Gasteiger partial charge in [-0.05, 0) is 6.92 Å². The maximum Gasteiger partial charge on any atom is 0.222 e. The van der Waals surface area contributed by atoms with Gasteiger partial charge in [0.25, 0.3) is 0 Å². The first kappa shape index (κ1) is 14.5. The number of amides is 1. The quantitative estimate of drug-likeness (QED) is 0.263. The molecule has 92 valence electrons. The third-order valence-electron chi connectivity index (χ3n) is 1.77. The first-order chi connectivity index (χ1) is 7.43. The van der Waals surface area contributed by atoms with Gasteiger partial charge in [-0.15, -0.1) is 0 Å². The number of carbonyl (C=O) groups is 1. The van der Waals surface area contributed by atoms with Crippen LogP contribution in [0.5, 0.6) is 0 Å². The second-order valence-electron chi connectivity index (χ2n) is 4.03. The highest BCUT2D eigenvalue weighted by atomic mass is 16.1. The number of guanidine groups is 1. The highest BCUT2D eigenvalue weighted by Crippen LogP contribution is 1.89. The van der Waals surface area contributed by atoms with E-state index in [-0.39, 0.29) is 11.8 Å². The van der Waals surface area contributed by atoms with E-state index in [0.717, 1.165) is 5.57 Å². The lowest BCUT2D eigenvalue weighted by atomic mass is 10.2. The van der Waals surface area contributed by atoms with Gasteiger partial charge in [-0.25, -0.2) is 4.99 Å². The predicted molar refractivity (Wildman–Crippen MR) is 67.2 cm³/mol. The Morgan fingerprint density at radius 2 is 1.94 bits per heavy atom. The van der Waals surface area contributed by atoms with Crippen LogP contribution in [0.1, 0.15) is 20.8 Å². The fraction of sp³-hybridized carbons (Fsp3) is 0.636. The first-order valence-corrected chi connectivity index (χ1v) is 5.39. The standard InChI is InChI=1S/C11H22N4O/c1-8(2)7-15-11(12)14-6-5-13-10(16)9(3)4/h9H,1,5-7H2,2-4H3,(H,13,16)(H3,12,14,15). The van der Waals surface area contributed by atoms with Gasteiger partial charge in [0.05, 0.1) is 6.54 Å². The fourth-order valence-corrected chi connectivity index (χ4v) is 0.856. The van der Waals surface area contributed by atoms with Crippen molar-refractivity contribution in [1.29, 1.82) is 0 Å². The van der Waals surface area contributed by atoms with Gasteiger partial charge < -0.3 is 16.4 Å². The van der Waals surface area contributed by atoms with Crippen molar-refractivity contribution in [2.75, 3.05) is 19.6 Å². The lowest BCUT2D eigenvalue weighted by Crippen LogP contribution is -2.39. The zero-order valence-corrected chi connectivity index (χ0v) is 10.3. The molecule has 0 aromatic heterocycles. The molecule has 1 amide bonds. The van der Waals surface area contributed by atoms with Crippen molar-refractivity contribution >= 4 is 11.9 Å². The van der Waals surface area contributed by atoms with Crippen LogP contribution in [0.4, 0.5) is 0 Å². The number of nitrogens with one attached hydrogen (secondary N) is 2. The maximum atomic E-state index is 11.2. The molecule has 0 heterocycles. The molecule has 0 aliphatic carbocycles. The summed E-state index contributed by atoms with van der Waals surface area (Å²) in [6.45, 7) is 11.0. The minimum Gasteiger partial charge on any atom is -0.370 e. The third-order valence-corrected chi connectivity index (χ3v) is 1.77. The lowest BCUT2D eigenvalue weighted by Gasteiger charge is -2.08. The highest BCUT2D eigenvalue weighted by molar-refractivity contribution is 5.79. The molecule has 0 aliphatic rings. The van der Waals surface area contributed by atoms with E-state index >= 15 is 0 Å². The molecule has 0 aromatic rings. The van der Waals surface area contributed by atoms with Gasteiger partial charge in [0.2, 0.25) is 5.91 Å². The van der Waals surface area contributed by atoms with Crippen LogP contribution in [0.2, 0.25) is 0 Å².